The summed E-state index contributed by atoms with van der Waals surface area (Å²) in [7, 11) is 0. The highest BCUT2D eigenvalue weighted by molar-refractivity contribution is 6.30. The first kappa shape index (κ1) is 9.99. The molecule has 1 aromatic rings. The van der Waals surface area contributed by atoms with E-state index in [-0.39, 0.29) is 17.2 Å². The Balaban J connectivity index is 2.89. The van der Waals surface area contributed by atoms with E-state index in [1.165, 1.54) is 18.2 Å². The van der Waals surface area contributed by atoms with E-state index >= 15 is 0 Å². The Hall–Kier alpha value is -1.09. The molecule has 0 unspecified atom stereocenters. The summed E-state index contributed by atoms with van der Waals surface area (Å²) in [6.07, 6.45) is 0.200. The number of halogens is 2. The van der Waals surface area contributed by atoms with Crippen molar-refractivity contribution in [2.24, 2.45) is 0 Å². The molecule has 0 aliphatic rings. The molecular weight excluding hydrogens is 195 g/mol. The first-order valence-corrected chi connectivity index (χ1v) is 4.17. The van der Waals surface area contributed by atoms with Crippen LogP contribution in [-0.2, 0) is 4.79 Å². The lowest BCUT2D eigenvalue weighted by Crippen LogP contribution is -2.06. The zero-order chi connectivity index (χ0) is 9.84. The molecule has 0 fully saturated rings. The van der Waals surface area contributed by atoms with Crippen LogP contribution >= 0.6 is 11.6 Å². The molecule has 0 aliphatic heterocycles. The van der Waals surface area contributed by atoms with Crippen LogP contribution < -0.4 is 4.74 Å². The molecule has 2 nitrogen and oxygen atoms in total. The number of benzene rings is 1. The third-order valence-electron chi connectivity index (χ3n) is 1.43. The zero-order valence-corrected chi connectivity index (χ0v) is 7.77. The molecule has 0 bridgehead atoms. The van der Waals surface area contributed by atoms with E-state index in [1.54, 1.807) is 6.92 Å². The maximum atomic E-state index is 13.1. The molecule has 0 spiro atoms. The van der Waals surface area contributed by atoms with E-state index in [9.17, 15) is 9.18 Å². The van der Waals surface area contributed by atoms with Gasteiger partial charge in [-0.25, -0.2) is 4.39 Å². The minimum Gasteiger partial charge on any atom is -0.423 e. The summed E-state index contributed by atoms with van der Waals surface area (Å²) in [5.74, 6) is -1.31. The van der Waals surface area contributed by atoms with Crippen LogP contribution in [0.5, 0.6) is 5.75 Å². The third-order valence-corrected chi connectivity index (χ3v) is 1.72. The van der Waals surface area contributed by atoms with Crippen molar-refractivity contribution in [2.45, 2.75) is 13.3 Å². The second-order valence-electron chi connectivity index (χ2n) is 2.38. The van der Waals surface area contributed by atoms with Crippen molar-refractivity contribution in [1.29, 1.82) is 0 Å². The Kier molecular flexibility index (Phi) is 3.25. The molecule has 0 N–H and O–H groups in total. The second-order valence-corrected chi connectivity index (χ2v) is 2.79. The Morgan fingerprint density at radius 3 is 2.92 bits per heavy atom. The first-order valence-electron chi connectivity index (χ1n) is 3.80. The van der Waals surface area contributed by atoms with Crippen LogP contribution in [-0.4, -0.2) is 5.97 Å². The number of rotatable bonds is 2. The lowest BCUT2D eigenvalue weighted by Gasteiger charge is -2.03. The highest BCUT2D eigenvalue weighted by atomic mass is 35.5. The van der Waals surface area contributed by atoms with Gasteiger partial charge in [0.1, 0.15) is 0 Å². The minimum atomic E-state index is -0.703. The average molecular weight is 203 g/mol. The van der Waals surface area contributed by atoms with Crippen LogP contribution in [0.4, 0.5) is 4.39 Å². The van der Waals surface area contributed by atoms with E-state index in [0.29, 0.717) is 0 Å². The van der Waals surface area contributed by atoms with Crippen molar-refractivity contribution in [1.82, 2.24) is 0 Å². The zero-order valence-electron chi connectivity index (χ0n) is 7.01. The highest BCUT2D eigenvalue weighted by Gasteiger charge is 2.09. The Bertz CT molecular complexity index is 325. The van der Waals surface area contributed by atoms with Crippen molar-refractivity contribution in [3.8, 4) is 5.75 Å². The summed E-state index contributed by atoms with van der Waals surface area (Å²) in [5, 5.41) is -0.0543. The maximum Gasteiger partial charge on any atom is 0.310 e. The summed E-state index contributed by atoms with van der Waals surface area (Å²) < 4.78 is 17.8. The molecule has 1 aromatic carbocycles. The summed E-state index contributed by atoms with van der Waals surface area (Å²) in [5.41, 5.74) is 0. The smallest absolute Gasteiger partial charge is 0.310 e. The van der Waals surface area contributed by atoms with Crippen LogP contribution in [0.15, 0.2) is 18.2 Å². The predicted octanol–water partition coefficient (Wildman–Crippen LogP) is 2.79. The molecular formula is C9H8ClFO2. The Morgan fingerprint density at radius 2 is 2.31 bits per heavy atom. The van der Waals surface area contributed by atoms with E-state index < -0.39 is 11.8 Å². The molecule has 0 atom stereocenters. The van der Waals surface area contributed by atoms with Gasteiger partial charge < -0.3 is 4.74 Å². The van der Waals surface area contributed by atoms with Crippen molar-refractivity contribution in [3.63, 3.8) is 0 Å². The van der Waals surface area contributed by atoms with E-state index in [4.69, 9.17) is 11.6 Å². The third kappa shape index (κ3) is 2.42. The largest absolute Gasteiger partial charge is 0.423 e. The quantitative estimate of drug-likeness (QED) is 0.545. The van der Waals surface area contributed by atoms with Gasteiger partial charge in [-0.05, 0) is 12.1 Å². The molecule has 4 heteroatoms. The van der Waals surface area contributed by atoms with Gasteiger partial charge in [0.15, 0.2) is 11.6 Å². The number of hydrogen-bond donors (Lipinski definition) is 0. The van der Waals surface area contributed by atoms with Crippen molar-refractivity contribution in [2.75, 3.05) is 0 Å². The number of carbonyl (C=O) groups is 1. The molecule has 0 saturated carbocycles. The van der Waals surface area contributed by atoms with Crippen molar-refractivity contribution >= 4 is 17.6 Å². The van der Waals surface area contributed by atoms with Crippen LogP contribution in [0, 0.1) is 5.82 Å². The molecule has 13 heavy (non-hydrogen) atoms. The van der Waals surface area contributed by atoms with Gasteiger partial charge in [-0.3, -0.25) is 4.79 Å². The van der Waals surface area contributed by atoms with Gasteiger partial charge in [0, 0.05) is 6.42 Å². The molecule has 0 radical (unpaired) electrons. The van der Waals surface area contributed by atoms with Crippen molar-refractivity contribution < 1.29 is 13.9 Å². The van der Waals surface area contributed by atoms with Gasteiger partial charge in [0.2, 0.25) is 0 Å². The number of ether oxygens (including phenoxy) is 1. The van der Waals surface area contributed by atoms with Gasteiger partial charge in [-0.15, -0.1) is 0 Å². The highest BCUT2D eigenvalue weighted by Crippen LogP contribution is 2.24. The number of hydrogen-bond acceptors (Lipinski definition) is 2. The topological polar surface area (TPSA) is 26.3 Å². The molecule has 0 aliphatic carbocycles. The van der Waals surface area contributed by atoms with Gasteiger partial charge in [0.25, 0.3) is 0 Å². The summed E-state index contributed by atoms with van der Waals surface area (Å²) in [6.45, 7) is 1.63. The average Bonchev–Trinajstić information content (AvgIpc) is 2.13. The van der Waals surface area contributed by atoms with Crippen LogP contribution in [0.1, 0.15) is 13.3 Å². The fourth-order valence-electron chi connectivity index (χ4n) is 0.758. The molecule has 0 heterocycles. The lowest BCUT2D eigenvalue weighted by molar-refractivity contribution is -0.134. The van der Waals surface area contributed by atoms with E-state index in [2.05, 4.69) is 4.74 Å². The fraction of sp³-hybridized carbons (Fsp3) is 0.222. The van der Waals surface area contributed by atoms with Gasteiger partial charge in [-0.2, -0.15) is 0 Å². The normalized spacial score (nSPS) is 9.77. The van der Waals surface area contributed by atoms with Gasteiger partial charge in [0.05, 0.1) is 5.02 Å². The minimum absolute atomic E-state index is 0.0543. The Morgan fingerprint density at radius 1 is 1.62 bits per heavy atom. The van der Waals surface area contributed by atoms with E-state index in [0.717, 1.165) is 0 Å². The molecule has 0 aromatic heterocycles. The molecule has 0 amide bonds. The summed E-state index contributed by atoms with van der Waals surface area (Å²) in [6, 6.07) is 4.26. The van der Waals surface area contributed by atoms with Crippen molar-refractivity contribution in [3.05, 3.63) is 29.0 Å². The maximum absolute atomic E-state index is 13.1. The lowest BCUT2D eigenvalue weighted by atomic mass is 10.3. The summed E-state index contributed by atoms with van der Waals surface area (Å²) >= 11 is 5.47. The van der Waals surface area contributed by atoms with Gasteiger partial charge in [-0.1, -0.05) is 24.6 Å². The fourth-order valence-corrected chi connectivity index (χ4v) is 0.924. The van der Waals surface area contributed by atoms with Gasteiger partial charge >= 0.3 is 5.97 Å². The Labute approximate surface area is 80.3 Å². The summed E-state index contributed by atoms with van der Waals surface area (Å²) in [4.78, 5) is 10.8. The first-order chi connectivity index (χ1) is 6.15. The SMILES string of the molecule is CCC(=O)Oc1cccc(Cl)c1F. The molecule has 70 valence electrons. The molecule has 1 rings (SSSR count). The molecule has 0 saturated heterocycles. The van der Waals surface area contributed by atoms with Crippen LogP contribution in [0.2, 0.25) is 5.02 Å². The monoisotopic (exact) mass is 202 g/mol. The van der Waals surface area contributed by atoms with Crippen LogP contribution in [0.25, 0.3) is 0 Å². The standard InChI is InChI=1S/C9H8ClFO2/c1-2-8(12)13-7-5-3-4-6(10)9(7)11/h3-5H,2H2,1H3. The number of carbonyl (C=O) groups excluding carboxylic acids is 1. The predicted molar refractivity (Wildman–Crippen MR) is 47.3 cm³/mol. The van der Waals surface area contributed by atoms with E-state index in [1.807, 2.05) is 0 Å². The second kappa shape index (κ2) is 4.23. The number of esters is 1. The van der Waals surface area contributed by atoms with Crippen LogP contribution in [0.3, 0.4) is 0 Å².